The van der Waals surface area contributed by atoms with Crippen LogP contribution in [-0.4, -0.2) is 35.0 Å². The molecule has 1 aromatic heterocycles. The zero-order valence-electron chi connectivity index (χ0n) is 8.29. The highest BCUT2D eigenvalue weighted by Gasteiger charge is 2.17. The van der Waals surface area contributed by atoms with Gasteiger partial charge in [-0.05, 0) is 25.5 Å². The Bertz CT molecular complexity index is 279. The molecule has 2 heterocycles. The summed E-state index contributed by atoms with van der Waals surface area (Å²) < 4.78 is 0. The summed E-state index contributed by atoms with van der Waals surface area (Å²) in [4.78, 5) is 0. The number of aliphatic hydroxyl groups excluding tert-OH is 1. The Labute approximate surface area is 83.7 Å². The third-order valence-electron chi connectivity index (χ3n) is 2.75. The van der Waals surface area contributed by atoms with Crippen molar-refractivity contribution in [2.24, 2.45) is 0 Å². The van der Waals surface area contributed by atoms with Gasteiger partial charge in [-0.3, -0.25) is 5.10 Å². The zero-order chi connectivity index (χ0) is 9.80. The van der Waals surface area contributed by atoms with Crippen molar-refractivity contribution in [2.75, 3.05) is 19.7 Å². The van der Waals surface area contributed by atoms with Gasteiger partial charge >= 0.3 is 0 Å². The van der Waals surface area contributed by atoms with E-state index < -0.39 is 0 Å². The second-order valence-corrected chi connectivity index (χ2v) is 3.83. The van der Waals surface area contributed by atoms with Crippen molar-refractivity contribution >= 4 is 0 Å². The average molecular weight is 195 g/mol. The molecule has 0 bridgehead atoms. The number of nitrogens with zero attached hydrogens (tertiary/aromatic N) is 1. The first kappa shape index (κ1) is 9.68. The van der Waals surface area contributed by atoms with Crippen LogP contribution in [-0.2, 0) is 6.42 Å². The van der Waals surface area contributed by atoms with Gasteiger partial charge in [0.15, 0.2) is 0 Å². The molecule has 1 atom stereocenters. The molecule has 0 amide bonds. The summed E-state index contributed by atoms with van der Waals surface area (Å²) >= 11 is 0. The zero-order valence-corrected chi connectivity index (χ0v) is 8.29. The van der Waals surface area contributed by atoms with Crippen molar-refractivity contribution in [3.05, 3.63) is 17.5 Å². The molecular formula is C10H17N3O. The molecule has 1 aliphatic rings. The first-order chi connectivity index (χ1) is 6.90. The molecule has 2 rings (SSSR count). The SMILES string of the molecule is OCCc1cc(C2CCCNC2)n[nH]1. The maximum absolute atomic E-state index is 8.78. The van der Waals surface area contributed by atoms with Crippen LogP contribution >= 0.6 is 0 Å². The molecule has 78 valence electrons. The van der Waals surface area contributed by atoms with E-state index in [4.69, 9.17) is 5.11 Å². The molecule has 4 heteroatoms. The van der Waals surface area contributed by atoms with Crippen LogP contribution in [0, 0.1) is 0 Å². The topological polar surface area (TPSA) is 60.9 Å². The molecule has 0 aliphatic carbocycles. The van der Waals surface area contributed by atoms with E-state index in [0.717, 1.165) is 24.5 Å². The lowest BCUT2D eigenvalue weighted by Gasteiger charge is -2.20. The molecule has 1 unspecified atom stereocenters. The van der Waals surface area contributed by atoms with E-state index >= 15 is 0 Å². The lowest BCUT2D eigenvalue weighted by atomic mass is 9.96. The number of aliphatic hydroxyl groups is 1. The third-order valence-corrected chi connectivity index (χ3v) is 2.75. The maximum Gasteiger partial charge on any atom is 0.0668 e. The van der Waals surface area contributed by atoms with Crippen LogP contribution in [0.15, 0.2) is 6.07 Å². The number of H-pyrrole nitrogens is 1. The van der Waals surface area contributed by atoms with Crippen molar-refractivity contribution in [3.63, 3.8) is 0 Å². The number of aromatic amines is 1. The van der Waals surface area contributed by atoms with Gasteiger partial charge in [-0.1, -0.05) is 0 Å². The van der Waals surface area contributed by atoms with E-state index in [1.165, 1.54) is 12.8 Å². The van der Waals surface area contributed by atoms with Crippen LogP contribution in [0.1, 0.15) is 30.1 Å². The minimum Gasteiger partial charge on any atom is -0.396 e. The highest BCUT2D eigenvalue weighted by molar-refractivity contribution is 5.14. The summed E-state index contributed by atoms with van der Waals surface area (Å²) in [6.07, 6.45) is 3.12. The lowest BCUT2D eigenvalue weighted by Crippen LogP contribution is -2.28. The number of nitrogens with one attached hydrogen (secondary N) is 2. The van der Waals surface area contributed by atoms with Gasteiger partial charge in [0, 0.05) is 31.2 Å². The average Bonchev–Trinajstić information content (AvgIpc) is 2.68. The Balaban J connectivity index is 2.00. The number of rotatable bonds is 3. The molecule has 1 fully saturated rings. The molecule has 0 spiro atoms. The van der Waals surface area contributed by atoms with Crippen LogP contribution in [0.4, 0.5) is 0 Å². The highest BCUT2D eigenvalue weighted by atomic mass is 16.3. The Morgan fingerprint density at radius 1 is 1.57 bits per heavy atom. The fourth-order valence-corrected chi connectivity index (χ4v) is 1.94. The second kappa shape index (κ2) is 4.57. The molecule has 4 nitrogen and oxygen atoms in total. The van der Waals surface area contributed by atoms with Crippen molar-refractivity contribution in [1.29, 1.82) is 0 Å². The second-order valence-electron chi connectivity index (χ2n) is 3.83. The van der Waals surface area contributed by atoms with Gasteiger partial charge in [-0.25, -0.2) is 0 Å². The Morgan fingerprint density at radius 3 is 3.21 bits per heavy atom. The fourth-order valence-electron chi connectivity index (χ4n) is 1.94. The van der Waals surface area contributed by atoms with Gasteiger partial charge in [0.05, 0.1) is 5.69 Å². The largest absolute Gasteiger partial charge is 0.396 e. The third kappa shape index (κ3) is 2.13. The number of aromatic nitrogens is 2. The molecule has 0 radical (unpaired) electrons. The van der Waals surface area contributed by atoms with Gasteiger partial charge in [0.1, 0.15) is 0 Å². The smallest absolute Gasteiger partial charge is 0.0668 e. The number of hydrogen-bond donors (Lipinski definition) is 3. The molecule has 14 heavy (non-hydrogen) atoms. The highest BCUT2D eigenvalue weighted by Crippen LogP contribution is 2.21. The normalized spacial score (nSPS) is 22.5. The summed E-state index contributed by atoms with van der Waals surface area (Å²) in [5.41, 5.74) is 2.17. The molecule has 0 aromatic carbocycles. The van der Waals surface area contributed by atoms with Crippen molar-refractivity contribution < 1.29 is 5.11 Å². The van der Waals surface area contributed by atoms with Gasteiger partial charge < -0.3 is 10.4 Å². The fraction of sp³-hybridized carbons (Fsp3) is 0.700. The summed E-state index contributed by atoms with van der Waals surface area (Å²) in [5, 5.41) is 19.4. The van der Waals surface area contributed by atoms with E-state index in [2.05, 4.69) is 21.6 Å². The van der Waals surface area contributed by atoms with Gasteiger partial charge in [-0.15, -0.1) is 0 Å². The Morgan fingerprint density at radius 2 is 2.50 bits per heavy atom. The molecule has 3 N–H and O–H groups in total. The summed E-state index contributed by atoms with van der Waals surface area (Å²) in [6, 6.07) is 2.08. The van der Waals surface area contributed by atoms with E-state index in [1.54, 1.807) is 0 Å². The molecular weight excluding hydrogens is 178 g/mol. The van der Waals surface area contributed by atoms with Crippen molar-refractivity contribution in [3.8, 4) is 0 Å². The monoisotopic (exact) mass is 195 g/mol. The minimum absolute atomic E-state index is 0.185. The Kier molecular flexibility index (Phi) is 3.16. The molecule has 1 saturated heterocycles. The first-order valence-electron chi connectivity index (χ1n) is 5.26. The number of piperidine rings is 1. The summed E-state index contributed by atoms with van der Waals surface area (Å²) in [5.74, 6) is 0.549. The maximum atomic E-state index is 8.78. The van der Waals surface area contributed by atoms with Gasteiger partial charge in [0.2, 0.25) is 0 Å². The molecule has 1 aromatic rings. The quantitative estimate of drug-likeness (QED) is 0.654. The van der Waals surface area contributed by atoms with E-state index in [0.29, 0.717) is 12.3 Å². The standard InChI is InChI=1S/C10H17N3O/c14-5-3-9-6-10(13-12-9)8-2-1-4-11-7-8/h6,8,11,14H,1-5,7H2,(H,12,13). The van der Waals surface area contributed by atoms with Crippen molar-refractivity contribution in [1.82, 2.24) is 15.5 Å². The van der Waals surface area contributed by atoms with Crippen LogP contribution in [0.2, 0.25) is 0 Å². The predicted molar refractivity (Wildman–Crippen MR) is 54.2 cm³/mol. The summed E-state index contributed by atoms with van der Waals surface area (Å²) in [7, 11) is 0. The van der Waals surface area contributed by atoms with E-state index in [-0.39, 0.29) is 6.61 Å². The molecule has 1 aliphatic heterocycles. The van der Waals surface area contributed by atoms with Crippen molar-refractivity contribution in [2.45, 2.75) is 25.2 Å². The van der Waals surface area contributed by atoms with E-state index in [9.17, 15) is 0 Å². The first-order valence-corrected chi connectivity index (χ1v) is 5.26. The van der Waals surface area contributed by atoms with Crippen LogP contribution in [0.25, 0.3) is 0 Å². The lowest BCUT2D eigenvalue weighted by molar-refractivity contribution is 0.298. The van der Waals surface area contributed by atoms with Gasteiger partial charge in [-0.2, -0.15) is 5.10 Å². The predicted octanol–water partition coefficient (Wildman–Crippen LogP) is 0.411. The van der Waals surface area contributed by atoms with E-state index in [1.807, 2.05) is 0 Å². The summed E-state index contributed by atoms with van der Waals surface area (Å²) in [6.45, 7) is 2.35. The number of hydrogen-bond acceptors (Lipinski definition) is 3. The van der Waals surface area contributed by atoms with Crippen LogP contribution in [0.3, 0.4) is 0 Å². The Hall–Kier alpha value is -0.870. The van der Waals surface area contributed by atoms with Gasteiger partial charge in [0.25, 0.3) is 0 Å². The van der Waals surface area contributed by atoms with Crippen LogP contribution in [0.5, 0.6) is 0 Å². The minimum atomic E-state index is 0.185. The molecule has 0 saturated carbocycles. The van der Waals surface area contributed by atoms with Crippen LogP contribution < -0.4 is 5.32 Å².